The third-order valence-electron chi connectivity index (χ3n) is 3.01. The van der Waals surface area contributed by atoms with Crippen molar-refractivity contribution in [1.29, 1.82) is 0 Å². The number of rotatable bonds is 7. The largest absolute Gasteiger partial charge is 0.383 e. The number of aryl methyl sites for hydroxylation is 2. The molecule has 1 aromatic carbocycles. The fraction of sp³-hybridized carbons (Fsp3) is 0.533. The van der Waals surface area contributed by atoms with Crippen molar-refractivity contribution in [2.75, 3.05) is 30.8 Å². The Bertz CT molecular complexity index is 608. The van der Waals surface area contributed by atoms with Crippen LogP contribution in [0.1, 0.15) is 18.1 Å². The molecule has 22 heavy (non-hydrogen) atoms. The first-order chi connectivity index (χ1) is 10.1. The van der Waals surface area contributed by atoms with Crippen LogP contribution in [0.25, 0.3) is 0 Å². The fourth-order valence-corrected chi connectivity index (χ4v) is 3.08. The number of amides is 1. The van der Waals surface area contributed by atoms with Crippen LogP contribution in [-0.2, 0) is 19.6 Å². The standard InChI is InChI=1S/C15H24N2O4S/c1-11-6-12(2)8-14(7-11)17(22(5,19)20)9-15(18)16-13(3)10-21-4/h6-8,13H,9-10H2,1-5H3,(H,16,18)/t13-/m0/s1. The summed E-state index contributed by atoms with van der Waals surface area (Å²) in [6, 6.07) is 5.27. The van der Waals surface area contributed by atoms with Crippen LogP contribution in [0.2, 0.25) is 0 Å². The highest BCUT2D eigenvalue weighted by molar-refractivity contribution is 7.92. The molecule has 0 bridgehead atoms. The first-order valence-electron chi connectivity index (χ1n) is 6.97. The van der Waals surface area contributed by atoms with Gasteiger partial charge in [-0.05, 0) is 44.0 Å². The molecule has 1 amide bonds. The van der Waals surface area contributed by atoms with Crippen LogP contribution in [0.3, 0.4) is 0 Å². The molecule has 0 radical (unpaired) electrons. The summed E-state index contributed by atoms with van der Waals surface area (Å²) in [5, 5.41) is 2.71. The van der Waals surface area contributed by atoms with E-state index >= 15 is 0 Å². The molecule has 1 aromatic rings. The highest BCUT2D eigenvalue weighted by Crippen LogP contribution is 2.21. The number of ether oxygens (including phenoxy) is 1. The van der Waals surface area contributed by atoms with Crippen molar-refractivity contribution in [1.82, 2.24) is 5.32 Å². The van der Waals surface area contributed by atoms with E-state index in [1.165, 1.54) is 0 Å². The molecule has 1 N–H and O–H groups in total. The zero-order valence-corrected chi connectivity index (χ0v) is 14.5. The first-order valence-corrected chi connectivity index (χ1v) is 8.82. The van der Waals surface area contributed by atoms with Gasteiger partial charge in [-0.25, -0.2) is 8.42 Å². The molecular formula is C15H24N2O4S. The van der Waals surface area contributed by atoms with E-state index in [9.17, 15) is 13.2 Å². The molecule has 1 atom stereocenters. The number of nitrogens with one attached hydrogen (secondary N) is 1. The zero-order valence-electron chi connectivity index (χ0n) is 13.7. The number of hydrogen-bond donors (Lipinski definition) is 1. The fourth-order valence-electron chi connectivity index (χ4n) is 2.24. The lowest BCUT2D eigenvalue weighted by Crippen LogP contribution is -2.44. The predicted molar refractivity (Wildman–Crippen MR) is 87.6 cm³/mol. The molecule has 0 unspecified atom stereocenters. The van der Waals surface area contributed by atoms with E-state index in [4.69, 9.17) is 4.74 Å². The van der Waals surface area contributed by atoms with Crippen LogP contribution in [0.15, 0.2) is 18.2 Å². The molecule has 124 valence electrons. The van der Waals surface area contributed by atoms with Gasteiger partial charge in [0.1, 0.15) is 6.54 Å². The Balaban J connectivity index is 2.98. The lowest BCUT2D eigenvalue weighted by atomic mass is 10.1. The van der Waals surface area contributed by atoms with Crippen molar-refractivity contribution in [3.05, 3.63) is 29.3 Å². The lowest BCUT2D eigenvalue weighted by Gasteiger charge is -2.23. The average molecular weight is 328 g/mol. The molecule has 0 spiro atoms. The van der Waals surface area contributed by atoms with Gasteiger partial charge in [-0.15, -0.1) is 0 Å². The van der Waals surface area contributed by atoms with Crippen molar-refractivity contribution >= 4 is 21.6 Å². The number of methoxy groups -OCH3 is 1. The summed E-state index contributed by atoms with van der Waals surface area (Å²) in [6.45, 7) is 5.68. The lowest BCUT2D eigenvalue weighted by molar-refractivity contribution is -0.120. The Labute approximate surface area is 132 Å². The zero-order chi connectivity index (χ0) is 16.9. The maximum Gasteiger partial charge on any atom is 0.241 e. The van der Waals surface area contributed by atoms with Gasteiger partial charge >= 0.3 is 0 Å². The van der Waals surface area contributed by atoms with Gasteiger partial charge in [-0.1, -0.05) is 6.07 Å². The SMILES string of the molecule is COC[C@H](C)NC(=O)CN(c1cc(C)cc(C)c1)S(C)(=O)=O. The number of nitrogens with zero attached hydrogens (tertiary/aromatic N) is 1. The van der Waals surface area contributed by atoms with Gasteiger partial charge in [0, 0.05) is 13.2 Å². The smallest absolute Gasteiger partial charge is 0.241 e. The normalized spacial score (nSPS) is 12.8. The van der Waals surface area contributed by atoms with E-state index in [2.05, 4.69) is 5.32 Å². The van der Waals surface area contributed by atoms with Crippen molar-refractivity contribution in [2.45, 2.75) is 26.8 Å². The van der Waals surface area contributed by atoms with E-state index in [1.807, 2.05) is 19.9 Å². The number of sulfonamides is 1. The second-order valence-corrected chi connectivity index (χ2v) is 7.45. The minimum atomic E-state index is -3.55. The second-order valence-electron chi connectivity index (χ2n) is 5.54. The molecule has 0 saturated heterocycles. The number of carbonyl (C=O) groups excluding carboxylic acids is 1. The van der Waals surface area contributed by atoms with Crippen LogP contribution in [0.5, 0.6) is 0 Å². The Morgan fingerprint density at radius 2 is 1.82 bits per heavy atom. The molecule has 7 heteroatoms. The minimum Gasteiger partial charge on any atom is -0.383 e. The third kappa shape index (κ3) is 5.65. The molecule has 0 aliphatic carbocycles. The Hall–Kier alpha value is -1.60. The summed E-state index contributed by atoms with van der Waals surface area (Å²) in [5.74, 6) is -0.367. The predicted octanol–water partition coefficient (Wildman–Crippen LogP) is 1.22. The van der Waals surface area contributed by atoms with Gasteiger partial charge in [-0.2, -0.15) is 0 Å². The van der Waals surface area contributed by atoms with Crippen molar-refractivity contribution < 1.29 is 17.9 Å². The highest BCUT2D eigenvalue weighted by atomic mass is 32.2. The Morgan fingerprint density at radius 1 is 1.27 bits per heavy atom. The summed E-state index contributed by atoms with van der Waals surface area (Å²) < 4.78 is 30.1. The quantitative estimate of drug-likeness (QED) is 0.816. The van der Waals surface area contributed by atoms with E-state index < -0.39 is 10.0 Å². The summed E-state index contributed by atoms with van der Waals surface area (Å²) in [4.78, 5) is 12.1. The highest BCUT2D eigenvalue weighted by Gasteiger charge is 2.22. The first kappa shape index (κ1) is 18.4. The number of hydrogen-bond acceptors (Lipinski definition) is 4. The van der Waals surface area contributed by atoms with Gasteiger partial charge in [0.2, 0.25) is 15.9 Å². The number of anilines is 1. The van der Waals surface area contributed by atoms with E-state index in [1.54, 1.807) is 26.2 Å². The Morgan fingerprint density at radius 3 is 2.27 bits per heavy atom. The molecule has 0 heterocycles. The molecule has 0 aliphatic heterocycles. The third-order valence-corrected chi connectivity index (χ3v) is 4.15. The molecule has 0 saturated carbocycles. The van der Waals surface area contributed by atoms with Crippen LogP contribution < -0.4 is 9.62 Å². The summed E-state index contributed by atoms with van der Waals surface area (Å²) in [7, 11) is -2.01. The van der Waals surface area contributed by atoms with Gasteiger partial charge < -0.3 is 10.1 Å². The van der Waals surface area contributed by atoms with Gasteiger partial charge in [0.15, 0.2) is 0 Å². The van der Waals surface area contributed by atoms with Crippen LogP contribution in [-0.4, -0.2) is 46.9 Å². The maximum atomic E-state index is 12.1. The second kappa shape index (κ2) is 7.60. The van der Waals surface area contributed by atoms with Gasteiger partial charge in [0.25, 0.3) is 0 Å². The van der Waals surface area contributed by atoms with Crippen LogP contribution in [0.4, 0.5) is 5.69 Å². The molecule has 0 aromatic heterocycles. The van der Waals surface area contributed by atoms with E-state index in [-0.39, 0.29) is 18.5 Å². The monoisotopic (exact) mass is 328 g/mol. The average Bonchev–Trinajstić information content (AvgIpc) is 2.33. The van der Waals surface area contributed by atoms with Crippen molar-refractivity contribution in [3.63, 3.8) is 0 Å². The summed E-state index contributed by atoms with van der Waals surface area (Å²) in [6.07, 6.45) is 1.09. The molecule has 6 nitrogen and oxygen atoms in total. The number of carbonyl (C=O) groups is 1. The summed E-state index contributed by atoms with van der Waals surface area (Å²) in [5.41, 5.74) is 2.38. The molecule has 1 rings (SSSR count). The van der Waals surface area contributed by atoms with Crippen LogP contribution >= 0.6 is 0 Å². The number of benzene rings is 1. The molecular weight excluding hydrogens is 304 g/mol. The van der Waals surface area contributed by atoms with Crippen molar-refractivity contribution in [3.8, 4) is 0 Å². The van der Waals surface area contributed by atoms with E-state index in [0.29, 0.717) is 12.3 Å². The maximum absolute atomic E-state index is 12.1. The van der Waals surface area contributed by atoms with Gasteiger partial charge in [0.05, 0.1) is 18.6 Å². The van der Waals surface area contributed by atoms with Crippen molar-refractivity contribution in [2.24, 2.45) is 0 Å². The van der Waals surface area contributed by atoms with Crippen LogP contribution in [0, 0.1) is 13.8 Å². The van der Waals surface area contributed by atoms with Gasteiger partial charge in [-0.3, -0.25) is 9.10 Å². The minimum absolute atomic E-state index is 0.182. The summed E-state index contributed by atoms with van der Waals surface area (Å²) >= 11 is 0. The molecule has 0 fully saturated rings. The topological polar surface area (TPSA) is 75.7 Å². The molecule has 0 aliphatic rings. The van der Waals surface area contributed by atoms with E-state index in [0.717, 1.165) is 21.7 Å². The Kier molecular flexibility index (Phi) is 6.37.